The topological polar surface area (TPSA) is 55.8 Å². The smallest absolute Gasteiger partial charge is 0.325 e. The van der Waals surface area contributed by atoms with Crippen LogP contribution in [-0.4, -0.2) is 32.2 Å². The fourth-order valence-corrected chi connectivity index (χ4v) is 7.13. The van der Waals surface area contributed by atoms with Gasteiger partial charge in [-0.05, 0) is 42.2 Å². The van der Waals surface area contributed by atoms with E-state index in [4.69, 9.17) is 9.47 Å². The first-order chi connectivity index (χ1) is 15.5. The van der Waals surface area contributed by atoms with Gasteiger partial charge in [-0.2, -0.15) is 0 Å². The maximum Gasteiger partial charge on any atom is 0.325 e. The Morgan fingerprint density at radius 1 is 0.969 bits per heavy atom. The Bertz CT molecular complexity index is 1030. The molecule has 5 nitrogen and oxygen atoms in total. The Morgan fingerprint density at radius 3 is 2.25 bits per heavy atom. The minimum absolute atomic E-state index is 0.124. The highest BCUT2D eigenvalue weighted by Crippen LogP contribution is 2.66. The van der Waals surface area contributed by atoms with Gasteiger partial charge in [0.15, 0.2) is 5.41 Å². The van der Waals surface area contributed by atoms with Crippen LogP contribution in [0.1, 0.15) is 55.7 Å². The quantitative estimate of drug-likeness (QED) is 0.424. The number of halogens is 1. The summed E-state index contributed by atoms with van der Waals surface area (Å²) in [6.07, 6.45) is 5.54. The van der Waals surface area contributed by atoms with Gasteiger partial charge in [-0.15, -0.1) is 0 Å². The van der Waals surface area contributed by atoms with Gasteiger partial charge in [0, 0.05) is 22.0 Å². The zero-order valence-electron chi connectivity index (χ0n) is 18.5. The van der Waals surface area contributed by atoms with Crippen LogP contribution in [0.2, 0.25) is 0 Å². The maximum absolute atomic E-state index is 13.5. The minimum atomic E-state index is -1.38. The normalized spacial score (nSPS) is 24.7. The molecule has 6 heteroatoms. The summed E-state index contributed by atoms with van der Waals surface area (Å²) in [5.41, 5.74) is 1.75. The van der Waals surface area contributed by atoms with Crippen LogP contribution in [0.15, 0.2) is 53.0 Å². The number of ether oxygens (including phenoxy) is 2. The van der Waals surface area contributed by atoms with Crippen molar-refractivity contribution in [3.05, 3.63) is 64.1 Å². The lowest BCUT2D eigenvalue weighted by Gasteiger charge is -2.45. The van der Waals surface area contributed by atoms with E-state index in [9.17, 15) is 9.59 Å². The van der Waals surface area contributed by atoms with E-state index in [1.807, 2.05) is 18.2 Å². The van der Waals surface area contributed by atoms with E-state index in [2.05, 4.69) is 51.2 Å². The Kier molecular flexibility index (Phi) is 5.31. The van der Waals surface area contributed by atoms with E-state index < -0.39 is 17.4 Å². The first-order valence-electron chi connectivity index (χ1n) is 11.3. The van der Waals surface area contributed by atoms with E-state index in [1.165, 1.54) is 26.2 Å². The Balaban J connectivity index is 1.81. The van der Waals surface area contributed by atoms with E-state index in [-0.39, 0.29) is 17.5 Å². The zero-order valence-corrected chi connectivity index (χ0v) is 20.1. The Hall–Kier alpha value is -2.34. The van der Waals surface area contributed by atoms with E-state index in [1.54, 1.807) is 0 Å². The van der Waals surface area contributed by atoms with Crippen LogP contribution in [0.4, 0.5) is 5.69 Å². The number of carbonyl (C=O) groups is 2. The molecule has 0 radical (unpaired) electrons. The van der Waals surface area contributed by atoms with Gasteiger partial charge in [-0.25, -0.2) is 0 Å². The van der Waals surface area contributed by atoms with E-state index in [0.29, 0.717) is 6.42 Å². The first kappa shape index (κ1) is 21.5. The predicted molar refractivity (Wildman–Crippen MR) is 125 cm³/mol. The van der Waals surface area contributed by atoms with E-state index >= 15 is 0 Å². The van der Waals surface area contributed by atoms with Gasteiger partial charge in [-0.1, -0.05) is 65.5 Å². The predicted octanol–water partition coefficient (Wildman–Crippen LogP) is 5.32. The number of hydrogen-bond acceptors (Lipinski definition) is 5. The number of benzene rings is 2. The molecule has 1 saturated heterocycles. The average molecular weight is 498 g/mol. The number of anilines is 1. The van der Waals surface area contributed by atoms with E-state index in [0.717, 1.165) is 41.4 Å². The highest BCUT2D eigenvalue weighted by molar-refractivity contribution is 9.10. The molecule has 2 heterocycles. The summed E-state index contributed by atoms with van der Waals surface area (Å²) in [7, 11) is 2.75. The molecule has 1 saturated carbocycles. The summed E-state index contributed by atoms with van der Waals surface area (Å²) >= 11 is 3.67. The molecule has 0 bridgehead atoms. The van der Waals surface area contributed by atoms with Crippen LogP contribution in [0.5, 0.6) is 0 Å². The van der Waals surface area contributed by atoms with Crippen molar-refractivity contribution in [2.45, 2.75) is 56.0 Å². The Morgan fingerprint density at radius 2 is 1.62 bits per heavy atom. The summed E-state index contributed by atoms with van der Waals surface area (Å²) in [6.45, 7) is 0. The minimum Gasteiger partial charge on any atom is -0.468 e. The summed E-state index contributed by atoms with van der Waals surface area (Å²) in [4.78, 5) is 29.4. The van der Waals surface area contributed by atoms with Gasteiger partial charge in [0.25, 0.3) is 0 Å². The molecule has 32 heavy (non-hydrogen) atoms. The summed E-state index contributed by atoms with van der Waals surface area (Å²) in [5.74, 6) is -0.982. The SMILES string of the molecule is COC(=O)C1(C(=O)OC)C[C@@H](c2ccccc2)N2c3ccc(Br)cc3C3(CCCCC3)[C@@H]21. The molecule has 168 valence electrons. The molecule has 0 N–H and O–H groups in total. The van der Waals surface area contributed by atoms with Crippen LogP contribution in [0.3, 0.4) is 0 Å². The number of methoxy groups -OCH3 is 2. The number of esters is 2. The van der Waals surface area contributed by atoms with Gasteiger partial charge in [0.2, 0.25) is 0 Å². The monoisotopic (exact) mass is 497 g/mol. The number of fused-ring (bicyclic) bond motifs is 5. The standard InChI is InChI=1S/C26H28BrNO4/c1-31-23(29)26(24(30)32-2)16-21(17-9-5-3-6-10-17)28-20-12-11-18(27)15-19(20)25(22(26)28)13-7-4-8-14-25/h3,5-6,9-12,15,21-22H,4,7-8,13-14,16H2,1-2H3/t21-,22+/m0/s1. The fourth-order valence-electron chi connectivity index (χ4n) is 6.77. The van der Waals surface area contributed by atoms with Gasteiger partial charge in [-0.3, -0.25) is 9.59 Å². The van der Waals surface area contributed by atoms with Crippen molar-refractivity contribution in [2.75, 3.05) is 19.1 Å². The van der Waals surface area contributed by atoms with Gasteiger partial charge < -0.3 is 14.4 Å². The second-order valence-corrected chi connectivity index (χ2v) is 10.2. The second-order valence-electron chi connectivity index (χ2n) is 9.27. The highest BCUT2D eigenvalue weighted by atomic mass is 79.9. The van der Waals surface area contributed by atoms with Crippen molar-refractivity contribution < 1.29 is 19.1 Å². The van der Waals surface area contributed by atoms with Crippen LogP contribution in [-0.2, 0) is 24.5 Å². The molecule has 3 aliphatic rings. The van der Waals surface area contributed by atoms with Crippen LogP contribution < -0.4 is 4.90 Å². The molecular formula is C26H28BrNO4. The summed E-state index contributed by atoms with van der Waals surface area (Å²) < 4.78 is 11.7. The van der Waals surface area contributed by atoms with Crippen molar-refractivity contribution in [1.29, 1.82) is 0 Å². The molecule has 1 spiro atoms. The van der Waals surface area contributed by atoms with Crippen molar-refractivity contribution >= 4 is 33.6 Å². The van der Waals surface area contributed by atoms with Crippen LogP contribution >= 0.6 is 15.9 Å². The molecular weight excluding hydrogens is 470 g/mol. The molecule has 0 unspecified atom stereocenters. The highest BCUT2D eigenvalue weighted by Gasteiger charge is 2.72. The fraction of sp³-hybridized carbons (Fsp3) is 0.462. The van der Waals surface area contributed by atoms with Gasteiger partial charge >= 0.3 is 11.9 Å². The number of hydrogen-bond donors (Lipinski definition) is 0. The molecule has 2 aromatic rings. The summed E-state index contributed by atoms with van der Waals surface area (Å²) in [5, 5.41) is 0. The molecule has 0 aromatic heterocycles. The Labute approximate surface area is 197 Å². The van der Waals surface area contributed by atoms with Crippen molar-refractivity contribution in [3.63, 3.8) is 0 Å². The molecule has 2 fully saturated rings. The van der Waals surface area contributed by atoms with Gasteiger partial charge in [0.05, 0.1) is 26.3 Å². The largest absolute Gasteiger partial charge is 0.468 e. The van der Waals surface area contributed by atoms with Crippen molar-refractivity contribution in [3.8, 4) is 0 Å². The lowest BCUT2D eigenvalue weighted by Crippen LogP contribution is -2.58. The number of rotatable bonds is 3. The third-order valence-electron chi connectivity index (χ3n) is 7.92. The third-order valence-corrected chi connectivity index (χ3v) is 8.42. The second kappa shape index (κ2) is 7.91. The average Bonchev–Trinajstić information content (AvgIpc) is 3.33. The van der Waals surface area contributed by atoms with Crippen molar-refractivity contribution in [1.82, 2.24) is 0 Å². The summed E-state index contributed by atoms with van der Waals surface area (Å²) in [6, 6.07) is 16.1. The molecule has 0 amide bonds. The maximum atomic E-state index is 13.5. The third kappa shape index (κ3) is 2.81. The molecule has 5 rings (SSSR count). The van der Waals surface area contributed by atoms with Gasteiger partial charge in [0.1, 0.15) is 0 Å². The number of carbonyl (C=O) groups excluding carboxylic acids is 2. The molecule has 2 atom stereocenters. The zero-order chi connectivity index (χ0) is 22.5. The lowest BCUT2D eigenvalue weighted by atomic mass is 9.59. The lowest BCUT2D eigenvalue weighted by molar-refractivity contribution is -0.171. The first-order valence-corrected chi connectivity index (χ1v) is 12.1. The molecule has 2 aliphatic heterocycles. The molecule has 2 aromatic carbocycles. The molecule has 1 aliphatic carbocycles. The van der Waals surface area contributed by atoms with Crippen molar-refractivity contribution in [2.24, 2.45) is 5.41 Å². The van der Waals surface area contributed by atoms with Crippen LogP contribution in [0, 0.1) is 5.41 Å². The van der Waals surface area contributed by atoms with Crippen LogP contribution in [0.25, 0.3) is 0 Å². The number of nitrogens with zero attached hydrogens (tertiary/aromatic N) is 1.